The maximum Gasteiger partial charge on any atom is 0.268 e. The topological polar surface area (TPSA) is 45.7 Å². The molecule has 0 aliphatic carbocycles. The molecule has 0 N–H and O–H groups in total. The second-order valence-electron chi connectivity index (χ2n) is 20.3. The third kappa shape index (κ3) is 6.81. The Morgan fingerprint density at radius 3 is 1.78 bits per heavy atom. The fraction of sp³-hybridized carbons (Fsp3) is 0.0746. The van der Waals surface area contributed by atoms with Crippen LogP contribution in [-0.2, 0) is 12.5 Å². The molecule has 0 aliphatic rings. The second kappa shape index (κ2) is 16.8. The minimum Gasteiger partial charge on any atom is -0.458 e. The van der Waals surface area contributed by atoms with Gasteiger partial charge in [0.2, 0.25) is 0 Å². The summed E-state index contributed by atoms with van der Waals surface area (Å²) in [6, 6.07) is 75.3. The third-order valence-corrected chi connectivity index (χ3v) is 14.8. The minimum absolute atomic E-state index is 0.108. The number of ether oxygens (including phenoxy) is 1. The Kier molecular flexibility index (Phi) is 9.85. The average Bonchev–Trinajstić information content (AvgIpc) is 4.24. The van der Waals surface area contributed by atoms with Crippen LogP contribution in [0.1, 0.15) is 26.3 Å². The molecule has 7 heteroatoms. The van der Waals surface area contributed by atoms with Crippen LogP contribution in [0.4, 0.5) is 0 Å². The fourth-order valence-corrected chi connectivity index (χ4v) is 11.5. The van der Waals surface area contributed by atoms with Crippen molar-refractivity contribution in [1.82, 2.24) is 23.3 Å². The van der Waals surface area contributed by atoms with Gasteiger partial charge in [-0.3, -0.25) is 13.7 Å². The van der Waals surface area contributed by atoms with Crippen molar-refractivity contribution in [2.45, 2.75) is 26.2 Å². The zero-order chi connectivity index (χ0) is 49.7. The number of rotatable bonds is 8. The molecule has 0 radical (unpaired) electrons. The fourth-order valence-electron chi connectivity index (χ4n) is 11.5. The number of imidazole rings is 1. The number of pyridine rings is 1. The van der Waals surface area contributed by atoms with E-state index in [2.05, 4.69) is 265 Å². The summed E-state index contributed by atoms with van der Waals surface area (Å²) in [5.41, 5.74) is 15.5. The molecule has 14 rings (SSSR count). The van der Waals surface area contributed by atoms with Gasteiger partial charge in [0.05, 0.1) is 39.0 Å². The van der Waals surface area contributed by atoms with E-state index in [1.807, 2.05) is 22.9 Å². The molecule has 0 aliphatic heterocycles. The summed E-state index contributed by atoms with van der Waals surface area (Å²) in [4.78, 5) is 5.22. The van der Waals surface area contributed by atoms with Gasteiger partial charge in [0.15, 0.2) is 0 Å². The highest BCUT2D eigenvalue weighted by molar-refractivity contribution is 6.40. The van der Waals surface area contributed by atoms with Gasteiger partial charge in [0.25, 0.3) is 6.33 Å². The molecular weight excluding hydrogens is 905 g/mol. The lowest BCUT2D eigenvalue weighted by atomic mass is 9.88. The average molecular weight is 955 g/mol. The van der Waals surface area contributed by atoms with E-state index >= 15 is 0 Å². The highest BCUT2D eigenvalue weighted by Gasteiger charge is 2.29. The highest BCUT2D eigenvalue weighted by atomic mass is 16.5. The lowest BCUT2D eigenvalue weighted by Gasteiger charge is -2.20. The van der Waals surface area contributed by atoms with E-state index in [9.17, 15) is 0 Å². The predicted molar refractivity (Wildman–Crippen MR) is 303 cm³/mol. The molecular formula is C67H50N6O. The normalized spacial score (nSPS) is 12.1. The Morgan fingerprint density at radius 1 is 0.500 bits per heavy atom. The minimum atomic E-state index is -0.108. The third-order valence-electron chi connectivity index (χ3n) is 14.8. The largest absolute Gasteiger partial charge is 0.458 e. The number of benzene rings is 9. The molecule has 0 saturated carbocycles. The molecule has 0 saturated heterocycles. The van der Waals surface area contributed by atoms with E-state index in [0.717, 1.165) is 72.8 Å². The molecule has 0 spiro atoms. The molecule has 0 unspecified atom stereocenters. The van der Waals surface area contributed by atoms with Gasteiger partial charge >= 0.3 is 0 Å². The van der Waals surface area contributed by atoms with Gasteiger partial charge in [-0.25, -0.2) is 4.98 Å². The standard InChI is InChI=1S/C67H50N6O/c1-67(2,3)46-36-37-68-59(40-46)73-58-42-50(74-49-27-18-26-48(41-49)70-38-39-71(43-70)63-51(44-20-8-5-9-21-44)30-19-31-52(63)45-22-10-6-11-23-45)34-35-55(58)61-64-60(53-28-14-16-32-56(53)69(64)4)65-62(66(61)73)54-29-15-17-33-57(54)72(65)47-24-12-7-13-25-47/h5-42H,1-4H3. The van der Waals surface area contributed by atoms with Crippen LogP contribution in [-0.4, -0.2) is 23.3 Å². The maximum absolute atomic E-state index is 6.96. The zero-order valence-electron chi connectivity index (χ0n) is 41.5. The molecule has 5 aromatic heterocycles. The van der Waals surface area contributed by atoms with Gasteiger partial charge in [0, 0.05) is 75.2 Å². The van der Waals surface area contributed by atoms with Crippen LogP contribution in [0.15, 0.2) is 231 Å². The van der Waals surface area contributed by atoms with Crippen molar-refractivity contribution >= 4 is 65.4 Å². The summed E-state index contributed by atoms with van der Waals surface area (Å²) >= 11 is 0. The molecule has 0 atom stereocenters. The molecule has 0 bridgehead atoms. The van der Waals surface area contributed by atoms with Crippen molar-refractivity contribution in [2.75, 3.05) is 0 Å². The summed E-state index contributed by atoms with van der Waals surface area (Å²) in [6.07, 6.45) is 9.77. The first-order valence-corrected chi connectivity index (χ1v) is 25.3. The number of hydrogen-bond donors (Lipinski definition) is 0. The van der Waals surface area contributed by atoms with Gasteiger partial charge in [0.1, 0.15) is 17.3 Å². The summed E-state index contributed by atoms with van der Waals surface area (Å²) in [5, 5.41) is 7.10. The molecule has 74 heavy (non-hydrogen) atoms. The number of aromatic nitrogens is 6. The molecule has 14 aromatic rings. The van der Waals surface area contributed by atoms with Gasteiger partial charge in [-0.2, -0.15) is 0 Å². The van der Waals surface area contributed by atoms with Crippen LogP contribution in [0.5, 0.6) is 11.5 Å². The molecule has 0 amide bonds. The zero-order valence-corrected chi connectivity index (χ0v) is 41.5. The highest BCUT2D eigenvalue weighted by Crippen LogP contribution is 2.50. The number of nitrogens with zero attached hydrogens (tertiary/aromatic N) is 6. The van der Waals surface area contributed by atoms with E-state index in [0.29, 0.717) is 5.75 Å². The van der Waals surface area contributed by atoms with Crippen molar-refractivity contribution < 1.29 is 9.30 Å². The first-order chi connectivity index (χ1) is 36.3. The van der Waals surface area contributed by atoms with Crippen LogP contribution in [0.25, 0.3) is 111 Å². The number of hydrogen-bond acceptors (Lipinski definition) is 2. The van der Waals surface area contributed by atoms with E-state index in [4.69, 9.17) is 9.72 Å². The first kappa shape index (κ1) is 43.3. The molecule has 5 heterocycles. The van der Waals surface area contributed by atoms with Gasteiger partial charge in [-0.15, -0.1) is 0 Å². The summed E-state index contributed by atoms with van der Waals surface area (Å²) in [5.74, 6) is 2.29. The number of fused-ring (bicyclic) bond motifs is 12. The van der Waals surface area contributed by atoms with Crippen molar-refractivity contribution in [3.05, 3.63) is 243 Å². The maximum atomic E-state index is 6.96. The molecule has 7 nitrogen and oxygen atoms in total. The lowest BCUT2D eigenvalue weighted by molar-refractivity contribution is -0.599. The van der Waals surface area contributed by atoms with Gasteiger partial charge < -0.3 is 13.9 Å². The van der Waals surface area contributed by atoms with Gasteiger partial charge in [-0.1, -0.05) is 160 Å². The van der Waals surface area contributed by atoms with Crippen LogP contribution in [0.3, 0.4) is 0 Å². The van der Waals surface area contributed by atoms with E-state index in [1.165, 1.54) is 49.0 Å². The Morgan fingerprint density at radius 2 is 1.08 bits per heavy atom. The van der Waals surface area contributed by atoms with E-state index in [1.54, 1.807) is 0 Å². The van der Waals surface area contributed by atoms with Crippen LogP contribution >= 0.6 is 0 Å². The Labute approximate surface area is 428 Å². The van der Waals surface area contributed by atoms with Crippen molar-refractivity contribution in [3.8, 4) is 56.6 Å². The summed E-state index contributed by atoms with van der Waals surface area (Å²) < 4.78 is 18.4. The first-order valence-electron chi connectivity index (χ1n) is 25.3. The van der Waals surface area contributed by atoms with Crippen molar-refractivity contribution in [1.29, 1.82) is 0 Å². The molecule has 9 aromatic carbocycles. The monoisotopic (exact) mass is 954 g/mol. The van der Waals surface area contributed by atoms with Crippen molar-refractivity contribution in [2.24, 2.45) is 7.05 Å². The summed E-state index contributed by atoms with van der Waals surface area (Å²) in [7, 11) is 2.21. The summed E-state index contributed by atoms with van der Waals surface area (Å²) in [6.45, 7) is 6.79. The Hall–Kier alpha value is -9.46. The number of para-hydroxylation sites is 4. The van der Waals surface area contributed by atoms with Crippen molar-refractivity contribution in [3.63, 3.8) is 0 Å². The lowest BCUT2D eigenvalue weighted by Crippen LogP contribution is -2.28. The molecule has 0 fully saturated rings. The SMILES string of the molecule is Cn1c2ccccc2c2c1c1c3ccc(Oc4cccc(-[n+]5[c-]n(-c6c(-c7ccccc7)cccc6-c6ccccc6)cc5)c4)cc3n(-c3cc(C(C)(C)C)ccn3)c1c1c3ccccc3n(-c3ccccc3)c21. The second-order valence-corrected chi connectivity index (χ2v) is 20.3. The predicted octanol–water partition coefficient (Wildman–Crippen LogP) is 16.2. The Balaban J connectivity index is 0.973. The van der Waals surface area contributed by atoms with E-state index < -0.39 is 0 Å². The smallest absolute Gasteiger partial charge is 0.268 e. The van der Waals surface area contributed by atoms with Crippen LogP contribution < -0.4 is 9.30 Å². The number of aryl methyl sites for hydroxylation is 1. The van der Waals surface area contributed by atoms with Gasteiger partial charge in [-0.05, 0) is 100.0 Å². The Bertz CT molecular complexity index is 4440. The molecule has 354 valence electrons. The van der Waals surface area contributed by atoms with E-state index in [-0.39, 0.29) is 5.41 Å². The van der Waals surface area contributed by atoms with Crippen LogP contribution in [0.2, 0.25) is 0 Å². The quantitative estimate of drug-likeness (QED) is 0.113. The van der Waals surface area contributed by atoms with Crippen LogP contribution in [0, 0.1) is 6.33 Å².